The van der Waals surface area contributed by atoms with Crippen LogP contribution < -0.4 is 0 Å². The first-order chi connectivity index (χ1) is 11.2. The van der Waals surface area contributed by atoms with E-state index < -0.39 is 0 Å². The van der Waals surface area contributed by atoms with Crippen LogP contribution in [0.15, 0.2) is 15.7 Å². The highest BCUT2D eigenvalue weighted by molar-refractivity contribution is 7.98. The van der Waals surface area contributed by atoms with Crippen LogP contribution in [0.5, 0.6) is 0 Å². The Hall–Kier alpha value is -0.960. The molecule has 0 aliphatic heterocycles. The SMILES string of the molecule is C[C@H]1CCc2sc(-c3nnc(SCc4nnsc4Cl)o3)cc2C1. The monoisotopic (exact) mass is 384 g/mol. The average Bonchev–Trinajstić information content (AvgIpc) is 3.23. The molecule has 0 spiro atoms. The number of aromatic nitrogens is 4. The lowest BCUT2D eigenvalue weighted by Crippen LogP contribution is -2.07. The number of thioether (sulfide) groups is 1. The summed E-state index contributed by atoms with van der Waals surface area (Å²) in [4.78, 5) is 2.53. The maximum atomic E-state index is 5.99. The van der Waals surface area contributed by atoms with Crippen LogP contribution >= 0.6 is 46.2 Å². The van der Waals surface area contributed by atoms with Crippen molar-refractivity contribution in [2.24, 2.45) is 5.92 Å². The molecule has 9 heteroatoms. The smallest absolute Gasteiger partial charge is 0.277 e. The Morgan fingerprint density at radius 2 is 2.30 bits per heavy atom. The van der Waals surface area contributed by atoms with E-state index in [2.05, 4.69) is 32.8 Å². The van der Waals surface area contributed by atoms with Gasteiger partial charge in [-0.05, 0) is 36.8 Å². The number of fused-ring (bicyclic) bond motifs is 1. The Bertz CT molecular complexity index is 828. The van der Waals surface area contributed by atoms with Gasteiger partial charge in [0.15, 0.2) is 0 Å². The van der Waals surface area contributed by atoms with Crippen molar-refractivity contribution in [1.82, 2.24) is 19.8 Å². The highest BCUT2D eigenvalue weighted by Gasteiger charge is 2.21. The fourth-order valence-corrected chi connectivity index (χ4v) is 5.22. The molecule has 0 radical (unpaired) electrons. The van der Waals surface area contributed by atoms with E-state index in [0.717, 1.165) is 29.3 Å². The maximum absolute atomic E-state index is 5.99. The van der Waals surface area contributed by atoms with Crippen LogP contribution in [0.25, 0.3) is 10.8 Å². The second-order valence-electron chi connectivity index (χ2n) is 5.56. The third-order valence-corrected chi connectivity index (χ3v) is 6.83. The first-order valence-corrected chi connectivity index (χ1v) is 10.2. The summed E-state index contributed by atoms with van der Waals surface area (Å²) >= 11 is 10.4. The summed E-state index contributed by atoms with van der Waals surface area (Å²) in [6, 6.07) is 2.21. The molecule has 1 aliphatic carbocycles. The normalized spacial score (nSPS) is 17.4. The number of hydrogen-bond acceptors (Lipinski definition) is 8. The van der Waals surface area contributed by atoms with E-state index in [4.69, 9.17) is 16.0 Å². The van der Waals surface area contributed by atoms with Gasteiger partial charge in [-0.1, -0.05) is 34.8 Å². The van der Waals surface area contributed by atoms with E-state index in [1.165, 1.54) is 40.2 Å². The molecule has 0 aromatic carbocycles. The predicted octanol–water partition coefficient (Wildman–Crippen LogP) is 4.72. The Kier molecular flexibility index (Phi) is 4.40. The van der Waals surface area contributed by atoms with Crippen molar-refractivity contribution in [1.29, 1.82) is 0 Å². The van der Waals surface area contributed by atoms with Gasteiger partial charge in [0.2, 0.25) is 0 Å². The molecule has 3 aromatic heterocycles. The topological polar surface area (TPSA) is 64.7 Å². The molecule has 0 saturated carbocycles. The van der Waals surface area contributed by atoms with Crippen LogP contribution in [0, 0.1) is 5.92 Å². The molecular weight excluding hydrogens is 372 g/mol. The second-order valence-corrected chi connectivity index (χ2v) is 8.98. The number of thiophene rings is 1. The lowest BCUT2D eigenvalue weighted by Gasteiger charge is -2.16. The molecular formula is C14H13ClN4OS3. The summed E-state index contributed by atoms with van der Waals surface area (Å²) in [7, 11) is 0. The van der Waals surface area contributed by atoms with Gasteiger partial charge in [-0.15, -0.1) is 26.6 Å². The lowest BCUT2D eigenvalue weighted by atomic mass is 9.90. The van der Waals surface area contributed by atoms with E-state index in [0.29, 0.717) is 21.2 Å². The summed E-state index contributed by atoms with van der Waals surface area (Å²) in [5.41, 5.74) is 2.19. The fraction of sp³-hybridized carbons (Fsp3) is 0.429. The number of halogens is 1. The molecule has 0 fully saturated rings. The zero-order valence-electron chi connectivity index (χ0n) is 12.3. The molecule has 0 bridgehead atoms. The summed E-state index contributed by atoms with van der Waals surface area (Å²) < 4.78 is 10.2. The minimum absolute atomic E-state index is 0.531. The summed E-state index contributed by atoms with van der Waals surface area (Å²) in [6.45, 7) is 2.31. The van der Waals surface area contributed by atoms with E-state index in [9.17, 15) is 0 Å². The van der Waals surface area contributed by atoms with Crippen LogP contribution in [0.4, 0.5) is 0 Å². The summed E-state index contributed by atoms with van der Waals surface area (Å²) in [6.07, 6.45) is 3.57. The largest absolute Gasteiger partial charge is 0.410 e. The molecule has 5 nitrogen and oxygen atoms in total. The zero-order valence-corrected chi connectivity index (χ0v) is 15.5. The Morgan fingerprint density at radius 1 is 1.39 bits per heavy atom. The molecule has 4 rings (SSSR count). The van der Waals surface area contributed by atoms with Crippen molar-refractivity contribution in [3.05, 3.63) is 26.5 Å². The van der Waals surface area contributed by atoms with Crippen LogP contribution in [-0.2, 0) is 18.6 Å². The van der Waals surface area contributed by atoms with Gasteiger partial charge >= 0.3 is 0 Å². The predicted molar refractivity (Wildman–Crippen MR) is 93.3 cm³/mol. The van der Waals surface area contributed by atoms with E-state index in [1.54, 1.807) is 11.3 Å². The van der Waals surface area contributed by atoms with E-state index >= 15 is 0 Å². The van der Waals surface area contributed by atoms with Gasteiger partial charge < -0.3 is 4.42 Å². The number of aryl methyl sites for hydroxylation is 1. The molecule has 3 aromatic rings. The van der Waals surface area contributed by atoms with Crippen molar-refractivity contribution < 1.29 is 4.42 Å². The third-order valence-electron chi connectivity index (χ3n) is 3.79. The molecule has 0 amide bonds. The number of nitrogens with zero attached hydrogens (tertiary/aromatic N) is 4. The fourth-order valence-electron chi connectivity index (χ4n) is 2.59. The average molecular weight is 385 g/mol. The zero-order chi connectivity index (χ0) is 15.8. The molecule has 1 aliphatic rings. The Morgan fingerprint density at radius 3 is 3.13 bits per heavy atom. The van der Waals surface area contributed by atoms with Gasteiger partial charge in [0.1, 0.15) is 10.0 Å². The third kappa shape index (κ3) is 3.31. The highest BCUT2D eigenvalue weighted by Crippen LogP contribution is 2.37. The van der Waals surface area contributed by atoms with Crippen LogP contribution in [0.1, 0.15) is 29.5 Å². The molecule has 23 heavy (non-hydrogen) atoms. The first-order valence-electron chi connectivity index (χ1n) is 7.24. The van der Waals surface area contributed by atoms with Crippen molar-refractivity contribution in [2.75, 3.05) is 0 Å². The first kappa shape index (κ1) is 15.6. The molecule has 1 atom stereocenters. The lowest BCUT2D eigenvalue weighted by molar-refractivity contribution is 0.466. The van der Waals surface area contributed by atoms with Crippen molar-refractivity contribution in [2.45, 2.75) is 37.2 Å². The maximum Gasteiger partial charge on any atom is 0.277 e. The molecule has 0 N–H and O–H groups in total. The van der Waals surface area contributed by atoms with Gasteiger partial charge in [-0.25, -0.2) is 0 Å². The van der Waals surface area contributed by atoms with Crippen molar-refractivity contribution in [3.63, 3.8) is 0 Å². The highest BCUT2D eigenvalue weighted by atomic mass is 35.5. The van der Waals surface area contributed by atoms with Gasteiger partial charge in [0.05, 0.1) is 4.88 Å². The second kappa shape index (κ2) is 6.51. The number of rotatable bonds is 4. The van der Waals surface area contributed by atoms with Gasteiger partial charge in [-0.3, -0.25) is 0 Å². The Labute approximate surface area is 150 Å². The minimum Gasteiger partial charge on any atom is -0.410 e. The van der Waals surface area contributed by atoms with Gasteiger partial charge in [0.25, 0.3) is 11.1 Å². The molecule has 120 valence electrons. The Balaban J connectivity index is 1.49. The molecule has 0 saturated heterocycles. The standard InChI is InChI=1S/C14H13ClN4OS3/c1-7-2-3-10-8(4-7)5-11(22-10)13-17-18-14(20-13)21-6-9-12(15)23-19-16-9/h5,7H,2-4,6H2,1H3/t7-/m0/s1. The van der Waals surface area contributed by atoms with Gasteiger partial charge in [-0.2, -0.15) is 0 Å². The quantitative estimate of drug-likeness (QED) is 0.606. The summed E-state index contributed by atoms with van der Waals surface area (Å²) in [5.74, 6) is 1.94. The molecule has 0 unspecified atom stereocenters. The van der Waals surface area contributed by atoms with E-state index in [-0.39, 0.29) is 0 Å². The van der Waals surface area contributed by atoms with Crippen LogP contribution in [0.2, 0.25) is 4.34 Å². The van der Waals surface area contributed by atoms with E-state index in [1.807, 2.05) is 0 Å². The van der Waals surface area contributed by atoms with Crippen LogP contribution in [0.3, 0.4) is 0 Å². The summed E-state index contributed by atoms with van der Waals surface area (Å²) in [5, 5.41) is 12.8. The number of hydrogen-bond donors (Lipinski definition) is 0. The van der Waals surface area contributed by atoms with Crippen molar-refractivity contribution in [3.8, 4) is 10.8 Å². The van der Waals surface area contributed by atoms with Crippen LogP contribution in [-0.4, -0.2) is 19.8 Å². The molecule has 3 heterocycles. The van der Waals surface area contributed by atoms with Gasteiger partial charge in [0, 0.05) is 22.2 Å². The minimum atomic E-state index is 0.531. The van der Waals surface area contributed by atoms with Crippen molar-refractivity contribution >= 4 is 46.2 Å².